The van der Waals surface area contributed by atoms with E-state index in [-0.39, 0.29) is 24.6 Å². The lowest BCUT2D eigenvalue weighted by molar-refractivity contribution is -0.117. The van der Waals surface area contributed by atoms with Crippen LogP contribution < -0.4 is 4.90 Å². The maximum absolute atomic E-state index is 13.5. The summed E-state index contributed by atoms with van der Waals surface area (Å²) in [6.45, 7) is 2.39. The third-order valence-corrected chi connectivity index (χ3v) is 3.54. The molecule has 0 aliphatic heterocycles. The third kappa shape index (κ3) is 4.15. The van der Waals surface area contributed by atoms with Gasteiger partial charge >= 0.3 is 0 Å². The molecule has 0 aliphatic rings. The highest BCUT2D eigenvalue weighted by Gasteiger charge is 2.11. The molecule has 0 heterocycles. The summed E-state index contributed by atoms with van der Waals surface area (Å²) < 4.78 is 13.5. The predicted molar refractivity (Wildman–Crippen MR) is 84.2 cm³/mol. The fourth-order valence-corrected chi connectivity index (χ4v) is 2.25. The van der Waals surface area contributed by atoms with Crippen molar-refractivity contribution in [2.24, 2.45) is 0 Å². The Hall–Kier alpha value is -2.16. The highest BCUT2D eigenvalue weighted by Crippen LogP contribution is 2.15. The zero-order valence-corrected chi connectivity index (χ0v) is 12.5. The number of Topliss-reactive ketones (excluding diaryl/α,β-unsaturated/α-hetero) is 1. The topological polar surface area (TPSA) is 20.3 Å². The zero-order chi connectivity index (χ0) is 15.2. The van der Waals surface area contributed by atoms with Crippen molar-refractivity contribution >= 4 is 11.5 Å². The minimum Gasteiger partial charge on any atom is -0.367 e. The van der Waals surface area contributed by atoms with Gasteiger partial charge in [0.2, 0.25) is 0 Å². The van der Waals surface area contributed by atoms with Crippen LogP contribution in [0.15, 0.2) is 48.5 Å². The predicted octanol–water partition coefficient (Wildman–Crippen LogP) is 3.64. The molecule has 0 radical (unpaired) electrons. The van der Waals surface area contributed by atoms with E-state index in [2.05, 4.69) is 19.1 Å². The highest BCUT2D eigenvalue weighted by atomic mass is 19.1. The molecular formula is C18H20FNO. The quantitative estimate of drug-likeness (QED) is 0.807. The molecule has 3 heteroatoms. The second kappa shape index (κ2) is 7.02. The molecule has 21 heavy (non-hydrogen) atoms. The number of halogens is 1. The molecule has 2 aromatic carbocycles. The SMILES string of the molecule is CCc1ccc(N(C)CC(=O)Cc2ccccc2F)cc1. The van der Waals surface area contributed by atoms with E-state index in [4.69, 9.17) is 0 Å². The monoisotopic (exact) mass is 285 g/mol. The zero-order valence-electron chi connectivity index (χ0n) is 12.5. The van der Waals surface area contributed by atoms with Gasteiger partial charge in [-0.1, -0.05) is 37.3 Å². The van der Waals surface area contributed by atoms with Gasteiger partial charge < -0.3 is 4.90 Å². The molecule has 0 fully saturated rings. The Morgan fingerprint density at radius 2 is 1.76 bits per heavy atom. The normalized spacial score (nSPS) is 10.4. The van der Waals surface area contributed by atoms with Gasteiger partial charge in [-0.15, -0.1) is 0 Å². The molecule has 110 valence electrons. The average Bonchev–Trinajstić information content (AvgIpc) is 2.49. The first-order valence-electron chi connectivity index (χ1n) is 7.15. The van der Waals surface area contributed by atoms with Crippen LogP contribution in [-0.2, 0) is 17.6 Å². The van der Waals surface area contributed by atoms with Crippen LogP contribution in [0.5, 0.6) is 0 Å². The van der Waals surface area contributed by atoms with Crippen molar-refractivity contribution in [3.63, 3.8) is 0 Å². The van der Waals surface area contributed by atoms with Crippen LogP contribution in [0.3, 0.4) is 0 Å². The van der Waals surface area contributed by atoms with Gasteiger partial charge in [0.1, 0.15) is 5.82 Å². The molecule has 2 aromatic rings. The molecule has 0 N–H and O–H groups in total. The summed E-state index contributed by atoms with van der Waals surface area (Å²) in [6.07, 6.45) is 1.13. The van der Waals surface area contributed by atoms with Crippen LogP contribution in [0.1, 0.15) is 18.1 Å². The number of hydrogen-bond donors (Lipinski definition) is 0. The number of carbonyl (C=O) groups is 1. The lowest BCUT2D eigenvalue weighted by atomic mass is 10.1. The molecule has 0 bridgehead atoms. The Kier molecular flexibility index (Phi) is 5.09. The standard InChI is InChI=1S/C18H20FNO/c1-3-14-8-10-16(11-9-14)20(2)13-17(21)12-15-6-4-5-7-18(15)19/h4-11H,3,12-13H2,1-2H3. The smallest absolute Gasteiger partial charge is 0.156 e. The van der Waals surface area contributed by atoms with Gasteiger partial charge in [-0.3, -0.25) is 4.79 Å². The molecule has 0 aliphatic carbocycles. The van der Waals surface area contributed by atoms with E-state index >= 15 is 0 Å². The van der Waals surface area contributed by atoms with Crippen molar-refractivity contribution in [3.8, 4) is 0 Å². The molecule has 0 spiro atoms. The van der Waals surface area contributed by atoms with E-state index in [1.165, 1.54) is 11.6 Å². The van der Waals surface area contributed by atoms with Crippen molar-refractivity contribution in [2.45, 2.75) is 19.8 Å². The highest BCUT2D eigenvalue weighted by molar-refractivity contribution is 5.85. The van der Waals surface area contributed by atoms with Crippen molar-refractivity contribution in [1.29, 1.82) is 0 Å². The van der Waals surface area contributed by atoms with E-state index in [0.29, 0.717) is 5.56 Å². The summed E-state index contributed by atoms with van der Waals surface area (Å²) in [5, 5.41) is 0. The maximum atomic E-state index is 13.5. The first-order chi connectivity index (χ1) is 10.1. The second-order valence-electron chi connectivity index (χ2n) is 5.18. The van der Waals surface area contributed by atoms with Crippen molar-refractivity contribution in [2.75, 3.05) is 18.5 Å². The van der Waals surface area contributed by atoms with Crippen LogP contribution in [0.25, 0.3) is 0 Å². The largest absolute Gasteiger partial charge is 0.367 e. The first-order valence-corrected chi connectivity index (χ1v) is 7.15. The van der Waals surface area contributed by atoms with E-state index in [1.807, 2.05) is 24.1 Å². The second-order valence-corrected chi connectivity index (χ2v) is 5.18. The van der Waals surface area contributed by atoms with Gasteiger partial charge in [0.25, 0.3) is 0 Å². The van der Waals surface area contributed by atoms with E-state index in [9.17, 15) is 9.18 Å². The fourth-order valence-electron chi connectivity index (χ4n) is 2.25. The Morgan fingerprint density at radius 1 is 1.10 bits per heavy atom. The van der Waals surface area contributed by atoms with Gasteiger partial charge in [-0.2, -0.15) is 0 Å². The average molecular weight is 285 g/mol. The molecule has 0 atom stereocenters. The first kappa shape index (κ1) is 15.2. The van der Waals surface area contributed by atoms with Crippen LogP contribution in [0.4, 0.5) is 10.1 Å². The molecule has 2 nitrogen and oxygen atoms in total. The number of benzene rings is 2. The molecule has 0 saturated heterocycles. The summed E-state index contributed by atoms with van der Waals surface area (Å²) in [5.41, 5.74) is 2.72. The summed E-state index contributed by atoms with van der Waals surface area (Å²) >= 11 is 0. The minimum absolute atomic E-state index is 0.00201. The lowest BCUT2D eigenvalue weighted by Gasteiger charge is -2.18. The maximum Gasteiger partial charge on any atom is 0.156 e. The van der Waals surface area contributed by atoms with Gasteiger partial charge in [0, 0.05) is 19.2 Å². The van der Waals surface area contributed by atoms with Crippen LogP contribution in [0, 0.1) is 5.82 Å². The van der Waals surface area contributed by atoms with Crippen molar-refractivity contribution in [3.05, 3.63) is 65.5 Å². The van der Waals surface area contributed by atoms with E-state index < -0.39 is 0 Å². The number of anilines is 1. The molecule has 2 rings (SSSR count). The number of ketones is 1. The third-order valence-electron chi connectivity index (χ3n) is 3.54. The van der Waals surface area contributed by atoms with Gasteiger partial charge in [0.05, 0.1) is 6.54 Å². The Bertz CT molecular complexity index is 607. The number of nitrogens with zero attached hydrogens (tertiary/aromatic N) is 1. The van der Waals surface area contributed by atoms with E-state index in [1.54, 1.807) is 18.2 Å². The molecule has 0 amide bonds. The molecule has 0 saturated carbocycles. The Labute approximate surface area is 125 Å². The number of likely N-dealkylation sites (N-methyl/N-ethyl adjacent to an activating group) is 1. The Balaban J connectivity index is 1.97. The summed E-state index contributed by atoms with van der Waals surface area (Å²) in [5.74, 6) is -0.317. The van der Waals surface area contributed by atoms with Crippen LogP contribution in [-0.4, -0.2) is 19.4 Å². The number of carbonyl (C=O) groups excluding carboxylic acids is 1. The van der Waals surface area contributed by atoms with Crippen LogP contribution in [0.2, 0.25) is 0 Å². The minimum atomic E-state index is -0.319. The lowest BCUT2D eigenvalue weighted by Crippen LogP contribution is -2.26. The van der Waals surface area contributed by atoms with Gasteiger partial charge in [0.15, 0.2) is 5.78 Å². The fraction of sp³-hybridized carbons (Fsp3) is 0.278. The number of rotatable bonds is 6. The number of hydrogen-bond acceptors (Lipinski definition) is 2. The van der Waals surface area contributed by atoms with Crippen molar-refractivity contribution < 1.29 is 9.18 Å². The summed E-state index contributed by atoms with van der Waals surface area (Å²) in [6, 6.07) is 14.6. The molecule has 0 unspecified atom stereocenters. The van der Waals surface area contributed by atoms with Gasteiger partial charge in [-0.05, 0) is 35.7 Å². The van der Waals surface area contributed by atoms with E-state index in [0.717, 1.165) is 12.1 Å². The Morgan fingerprint density at radius 3 is 2.38 bits per heavy atom. The molecular weight excluding hydrogens is 265 g/mol. The van der Waals surface area contributed by atoms with Gasteiger partial charge in [-0.25, -0.2) is 4.39 Å². The number of aryl methyl sites for hydroxylation is 1. The molecule has 0 aromatic heterocycles. The van der Waals surface area contributed by atoms with Crippen LogP contribution >= 0.6 is 0 Å². The summed E-state index contributed by atoms with van der Waals surface area (Å²) in [7, 11) is 1.88. The van der Waals surface area contributed by atoms with Crippen molar-refractivity contribution in [1.82, 2.24) is 0 Å². The summed E-state index contributed by atoms with van der Waals surface area (Å²) in [4.78, 5) is 14.0.